The molecule has 7 nitrogen and oxygen atoms in total. The van der Waals surface area contributed by atoms with Gasteiger partial charge in [-0.2, -0.15) is 5.01 Å². The minimum absolute atomic E-state index is 0.0438. The van der Waals surface area contributed by atoms with Gasteiger partial charge in [-0.25, -0.2) is 4.79 Å². The molecule has 1 aliphatic heterocycles. The number of benzene rings is 1. The lowest BCUT2D eigenvalue weighted by atomic mass is 9.77. The summed E-state index contributed by atoms with van der Waals surface area (Å²) in [6, 6.07) is 6.92. The number of imide groups is 1. The molecule has 1 atom stereocenters. The first-order chi connectivity index (χ1) is 12.8. The SMILES string of the molecule is CC1CCC2(CC1)NC(=O)N(NC(=O)C[NH2+][C@@H](C)c1ccc(Cl)cc1)C2=O. The highest BCUT2D eigenvalue weighted by Gasteiger charge is 2.52. The summed E-state index contributed by atoms with van der Waals surface area (Å²) in [5.41, 5.74) is 2.65. The van der Waals surface area contributed by atoms with Crippen LogP contribution in [0.3, 0.4) is 0 Å². The average Bonchev–Trinajstić information content (AvgIpc) is 2.87. The molecule has 27 heavy (non-hydrogen) atoms. The highest BCUT2D eigenvalue weighted by Crippen LogP contribution is 2.35. The highest BCUT2D eigenvalue weighted by molar-refractivity contribution is 6.30. The molecular formula is C19H26ClN4O3+. The average molecular weight is 394 g/mol. The Morgan fingerprint density at radius 1 is 1.33 bits per heavy atom. The molecule has 4 amide bonds. The van der Waals surface area contributed by atoms with Crippen LogP contribution in [0.15, 0.2) is 24.3 Å². The molecule has 2 aliphatic rings. The Kier molecular flexibility index (Phi) is 5.72. The van der Waals surface area contributed by atoms with Crippen molar-refractivity contribution in [1.82, 2.24) is 15.8 Å². The van der Waals surface area contributed by atoms with E-state index in [-0.39, 0.29) is 24.4 Å². The molecule has 0 radical (unpaired) electrons. The van der Waals surface area contributed by atoms with E-state index in [9.17, 15) is 14.4 Å². The summed E-state index contributed by atoms with van der Waals surface area (Å²) < 4.78 is 0. The Bertz CT molecular complexity index is 729. The molecular weight excluding hydrogens is 368 g/mol. The van der Waals surface area contributed by atoms with E-state index in [1.165, 1.54) is 0 Å². The van der Waals surface area contributed by atoms with Gasteiger partial charge < -0.3 is 10.6 Å². The van der Waals surface area contributed by atoms with E-state index in [1.54, 1.807) is 12.1 Å². The van der Waals surface area contributed by atoms with Gasteiger partial charge in [-0.05, 0) is 50.7 Å². The number of quaternary nitrogens is 1. The molecule has 2 fully saturated rings. The fourth-order valence-corrected chi connectivity index (χ4v) is 3.80. The van der Waals surface area contributed by atoms with Crippen molar-refractivity contribution in [2.24, 2.45) is 5.92 Å². The Morgan fingerprint density at radius 3 is 2.59 bits per heavy atom. The smallest absolute Gasteiger partial charge is 0.332 e. The fourth-order valence-electron chi connectivity index (χ4n) is 3.67. The van der Waals surface area contributed by atoms with E-state index in [0.29, 0.717) is 23.8 Å². The molecule has 3 rings (SSSR count). The van der Waals surface area contributed by atoms with Gasteiger partial charge in [0, 0.05) is 10.6 Å². The van der Waals surface area contributed by atoms with Crippen molar-refractivity contribution in [3.05, 3.63) is 34.9 Å². The van der Waals surface area contributed by atoms with Crippen LogP contribution in [0, 0.1) is 5.92 Å². The third-order valence-corrected chi connectivity index (χ3v) is 5.83. The molecule has 146 valence electrons. The largest absolute Gasteiger partial charge is 0.344 e. The number of hydrazine groups is 1. The first-order valence-electron chi connectivity index (χ1n) is 9.36. The van der Waals surface area contributed by atoms with Crippen molar-refractivity contribution < 1.29 is 19.7 Å². The van der Waals surface area contributed by atoms with Crippen molar-refractivity contribution in [2.45, 2.75) is 51.1 Å². The predicted octanol–water partition coefficient (Wildman–Crippen LogP) is 1.50. The molecule has 0 bridgehead atoms. The number of halogens is 1. The van der Waals surface area contributed by atoms with Crippen LogP contribution in [0.4, 0.5) is 4.79 Å². The summed E-state index contributed by atoms with van der Waals surface area (Å²) in [7, 11) is 0. The molecule has 1 saturated carbocycles. The summed E-state index contributed by atoms with van der Waals surface area (Å²) in [6.45, 7) is 4.22. The number of nitrogens with one attached hydrogen (secondary N) is 2. The van der Waals surface area contributed by atoms with Crippen LogP contribution < -0.4 is 16.1 Å². The number of rotatable bonds is 5. The van der Waals surface area contributed by atoms with Crippen LogP contribution in [0.2, 0.25) is 5.02 Å². The Balaban J connectivity index is 1.54. The quantitative estimate of drug-likeness (QED) is 0.661. The van der Waals surface area contributed by atoms with Gasteiger partial charge in [0.15, 0.2) is 6.54 Å². The lowest BCUT2D eigenvalue weighted by Gasteiger charge is -2.33. The van der Waals surface area contributed by atoms with Crippen LogP contribution in [0.1, 0.15) is 51.1 Å². The second-order valence-electron chi connectivity index (χ2n) is 7.65. The maximum absolute atomic E-state index is 12.7. The summed E-state index contributed by atoms with van der Waals surface area (Å²) in [6.07, 6.45) is 3.01. The monoisotopic (exact) mass is 393 g/mol. The summed E-state index contributed by atoms with van der Waals surface area (Å²) >= 11 is 5.89. The normalized spacial score (nSPS) is 26.2. The molecule has 1 aromatic rings. The van der Waals surface area contributed by atoms with Crippen molar-refractivity contribution in [1.29, 1.82) is 0 Å². The molecule has 0 unspecified atom stereocenters. The zero-order chi connectivity index (χ0) is 19.6. The van der Waals surface area contributed by atoms with Gasteiger partial charge in [0.1, 0.15) is 11.6 Å². The number of amides is 4. The molecule has 1 spiro atoms. The molecule has 8 heteroatoms. The summed E-state index contributed by atoms with van der Waals surface area (Å²) in [5, 5.41) is 6.14. The van der Waals surface area contributed by atoms with Crippen LogP contribution >= 0.6 is 11.6 Å². The fraction of sp³-hybridized carbons (Fsp3) is 0.526. The van der Waals surface area contributed by atoms with Gasteiger partial charge in [0.2, 0.25) is 0 Å². The van der Waals surface area contributed by atoms with Crippen molar-refractivity contribution in [3.8, 4) is 0 Å². The third kappa shape index (κ3) is 4.25. The Labute approximate surface area is 163 Å². The van der Waals surface area contributed by atoms with E-state index in [2.05, 4.69) is 17.7 Å². The number of urea groups is 1. The minimum atomic E-state index is -0.850. The second kappa shape index (κ2) is 7.86. The van der Waals surface area contributed by atoms with Gasteiger partial charge in [-0.15, -0.1) is 0 Å². The zero-order valence-corrected chi connectivity index (χ0v) is 16.4. The molecule has 4 N–H and O–H groups in total. The van der Waals surface area contributed by atoms with Gasteiger partial charge in [-0.3, -0.25) is 15.0 Å². The molecule has 1 heterocycles. The number of carbonyl (C=O) groups excluding carboxylic acids is 3. The standard InChI is InChI=1S/C19H25ClN4O3/c1-12-7-9-19(10-8-12)17(26)24(18(27)22-19)23-16(25)11-21-13(2)14-3-5-15(20)6-4-14/h3-6,12-13,21H,7-11H2,1-2H3,(H,22,27)(H,23,25)/p+1/t12?,13-,19?/m0/s1. The predicted molar refractivity (Wildman–Crippen MR) is 101 cm³/mol. The minimum Gasteiger partial charge on any atom is -0.332 e. The topological polar surface area (TPSA) is 95.1 Å². The molecule has 0 aromatic heterocycles. The van der Waals surface area contributed by atoms with E-state index in [0.717, 1.165) is 23.4 Å². The van der Waals surface area contributed by atoms with Crippen LogP contribution in [0.25, 0.3) is 0 Å². The maximum Gasteiger partial charge on any atom is 0.344 e. The molecule has 1 aliphatic carbocycles. The number of nitrogens with two attached hydrogens (primary N) is 1. The number of hydrogen-bond acceptors (Lipinski definition) is 3. The van der Waals surface area contributed by atoms with Gasteiger partial charge in [0.05, 0.1) is 0 Å². The van der Waals surface area contributed by atoms with E-state index < -0.39 is 11.6 Å². The van der Waals surface area contributed by atoms with Crippen LogP contribution in [0.5, 0.6) is 0 Å². The Hall–Kier alpha value is -2.12. The van der Waals surface area contributed by atoms with Crippen LogP contribution in [-0.4, -0.2) is 34.9 Å². The first-order valence-corrected chi connectivity index (χ1v) is 9.73. The summed E-state index contributed by atoms with van der Waals surface area (Å²) in [5.74, 6) is -0.188. The van der Waals surface area contributed by atoms with E-state index in [4.69, 9.17) is 11.6 Å². The van der Waals surface area contributed by atoms with Crippen molar-refractivity contribution >= 4 is 29.4 Å². The number of hydrogen-bond donors (Lipinski definition) is 3. The lowest BCUT2D eigenvalue weighted by molar-refractivity contribution is -0.682. The van der Waals surface area contributed by atoms with Gasteiger partial charge >= 0.3 is 6.03 Å². The number of carbonyl (C=O) groups is 3. The molecule has 1 saturated heterocycles. The zero-order valence-electron chi connectivity index (χ0n) is 15.6. The highest BCUT2D eigenvalue weighted by atomic mass is 35.5. The van der Waals surface area contributed by atoms with Gasteiger partial charge in [0.25, 0.3) is 11.8 Å². The second-order valence-corrected chi connectivity index (χ2v) is 8.09. The van der Waals surface area contributed by atoms with Crippen LogP contribution in [-0.2, 0) is 9.59 Å². The van der Waals surface area contributed by atoms with Gasteiger partial charge in [-0.1, -0.05) is 30.7 Å². The Morgan fingerprint density at radius 2 is 1.96 bits per heavy atom. The lowest BCUT2D eigenvalue weighted by Crippen LogP contribution is -2.87. The van der Waals surface area contributed by atoms with E-state index >= 15 is 0 Å². The third-order valence-electron chi connectivity index (χ3n) is 5.58. The number of nitrogens with zero attached hydrogens (tertiary/aromatic N) is 1. The van der Waals surface area contributed by atoms with Crippen molar-refractivity contribution in [3.63, 3.8) is 0 Å². The van der Waals surface area contributed by atoms with E-state index in [1.807, 2.05) is 24.4 Å². The van der Waals surface area contributed by atoms with Crippen molar-refractivity contribution in [2.75, 3.05) is 6.54 Å². The summed E-state index contributed by atoms with van der Waals surface area (Å²) in [4.78, 5) is 37.2. The molecule has 1 aromatic carbocycles. The first kappa shape index (κ1) is 19.6. The maximum atomic E-state index is 12.7.